The van der Waals surface area contributed by atoms with E-state index in [1.54, 1.807) is 6.08 Å². The molecule has 0 saturated carbocycles. The highest BCUT2D eigenvalue weighted by atomic mass is 16.7. The molecule has 0 amide bonds. The van der Waals surface area contributed by atoms with Crippen molar-refractivity contribution in [1.29, 1.82) is 0 Å². The monoisotopic (exact) mass is 590 g/mol. The van der Waals surface area contributed by atoms with E-state index in [-0.39, 0.29) is 6.61 Å². The first kappa shape index (κ1) is 37.4. The first-order chi connectivity index (χ1) is 21.3. The summed E-state index contributed by atoms with van der Waals surface area (Å²) in [7, 11) is 1.28. The molecule has 0 N–H and O–H groups in total. The molecular formula is C41H50O3. The Hall–Kier alpha value is -4.63. The molecule has 44 heavy (non-hydrogen) atoms. The van der Waals surface area contributed by atoms with Crippen LogP contribution < -0.4 is 0 Å². The molecule has 3 rings (SSSR count). The molecule has 0 aliphatic heterocycles. The first-order valence-corrected chi connectivity index (χ1v) is 15.2. The molecule has 3 aromatic rings. The van der Waals surface area contributed by atoms with Gasteiger partial charge in [0.15, 0.2) is 0 Å². The molecule has 0 bridgehead atoms. The third-order valence-corrected chi connectivity index (χ3v) is 6.09. The third-order valence-electron chi connectivity index (χ3n) is 6.09. The van der Waals surface area contributed by atoms with Crippen LogP contribution in [0.25, 0.3) is 18.2 Å². The lowest BCUT2D eigenvalue weighted by Crippen LogP contribution is -2.03. The first-order valence-electron chi connectivity index (χ1n) is 15.2. The molecule has 1 atom stereocenters. The van der Waals surface area contributed by atoms with Crippen LogP contribution in [0.15, 0.2) is 146 Å². The van der Waals surface area contributed by atoms with E-state index in [0.29, 0.717) is 11.8 Å². The van der Waals surface area contributed by atoms with Crippen LogP contribution in [-0.2, 0) is 9.47 Å². The third kappa shape index (κ3) is 20.3. The highest BCUT2D eigenvalue weighted by molar-refractivity contribution is 5.59. The average molecular weight is 591 g/mol. The van der Waals surface area contributed by atoms with Gasteiger partial charge in [-0.25, -0.2) is 4.79 Å². The second-order valence-electron chi connectivity index (χ2n) is 10.6. The molecule has 0 heterocycles. The SMILES string of the molecule is C=CC(/C=C/c1ccccc1)C(C)C.CC(C)C/C=C/C=C/c1ccccc1.COC(=O)OC/C=C/C=C/c1ccccc1. The number of carbonyl (C=O) groups excluding carboxylic acids is 1. The van der Waals surface area contributed by atoms with Crippen molar-refractivity contribution in [3.05, 3.63) is 163 Å². The van der Waals surface area contributed by atoms with Gasteiger partial charge in [0, 0.05) is 0 Å². The van der Waals surface area contributed by atoms with Crippen molar-refractivity contribution in [2.24, 2.45) is 17.8 Å². The van der Waals surface area contributed by atoms with E-state index in [1.807, 2.05) is 66.8 Å². The van der Waals surface area contributed by atoms with Gasteiger partial charge in [-0.2, -0.15) is 0 Å². The Labute approximate surface area is 266 Å². The summed E-state index contributed by atoms with van der Waals surface area (Å²) in [6, 6.07) is 30.6. The minimum absolute atomic E-state index is 0.214. The number of carbonyl (C=O) groups is 1. The lowest BCUT2D eigenvalue weighted by Gasteiger charge is -2.10. The molecule has 0 spiro atoms. The summed E-state index contributed by atoms with van der Waals surface area (Å²) in [6.07, 6.45) is 22.8. The van der Waals surface area contributed by atoms with Gasteiger partial charge in [0.05, 0.1) is 7.11 Å². The van der Waals surface area contributed by atoms with Crippen molar-refractivity contribution >= 4 is 24.4 Å². The summed E-state index contributed by atoms with van der Waals surface area (Å²) in [6.45, 7) is 12.9. The second kappa shape index (κ2) is 24.9. The minimum Gasteiger partial charge on any atom is -0.438 e. The van der Waals surface area contributed by atoms with Crippen LogP contribution in [0.3, 0.4) is 0 Å². The van der Waals surface area contributed by atoms with Gasteiger partial charge in [-0.15, -0.1) is 6.58 Å². The summed E-state index contributed by atoms with van der Waals surface area (Å²) < 4.78 is 8.97. The fourth-order valence-corrected chi connectivity index (χ4v) is 3.56. The zero-order valence-corrected chi connectivity index (χ0v) is 27.1. The number of rotatable bonds is 12. The highest BCUT2D eigenvalue weighted by Gasteiger charge is 2.03. The van der Waals surface area contributed by atoms with Gasteiger partial charge in [0.2, 0.25) is 0 Å². The summed E-state index contributed by atoms with van der Waals surface area (Å²) >= 11 is 0. The Balaban J connectivity index is 0.000000331. The van der Waals surface area contributed by atoms with Crippen LogP contribution in [0.1, 0.15) is 50.8 Å². The molecule has 1 unspecified atom stereocenters. The van der Waals surface area contributed by atoms with E-state index >= 15 is 0 Å². The summed E-state index contributed by atoms with van der Waals surface area (Å²) in [4.78, 5) is 10.6. The predicted molar refractivity (Wildman–Crippen MR) is 191 cm³/mol. The van der Waals surface area contributed by atoms with E-state index in [2.05, 4.69) is 129 Å². The van der Waals surface area contributed by atoms with E-state index in [9.17, 15) is 4.79 Å². The molecule has 0 radical (unpaired) electrons. The van der Waals surface area contributed by atoms with Crippen LogP contribution in [0.5, 0.6) is 0 Å². The Bertz CT molecular complexity index is 1280. The molecule has 0 aliphatic rings. The molecule has 0 aromatic heterocycles. The number of hydrogen-bond donors (Lipinski definition) is 0. The lowest BCUT2D eigenvalue weighted by atomic mass is 9.95. The lowest BCUT2D eigenvalue weighted by molar-refractivity contribution is 0.0818. The van der Waals surface area contributed by atoms with Gasteiger partial charge in [0.25, 0.3) is 0 Å². The second-order valence-corrected chi connectivity index (χ2v) is 10.6. The van der Waals surface area contributed by atoms with Gasteiger partial charge in [-0.05, 0) is 46.9 Å². The largest absolute Gasteiger partial charge is 0.508 e. The number of hydrogen-bond acceptors (Lipinski definition) is 3. The van der Waals surface area contributed by atoms with Crippen LogP contribution >= 0.6 is 0 Å². The van der Waals surface area contributed by atoms with Crippen LogP contribution in [0.2, 0.25) is 0 Å². The Morgan fingerprint density at radius 1 is 0.682 bits per heavy atom. The zero-order chi connectivity index (χ0) is 32.3. The van der Waals surface area contributed by atoms with E-state index in [4.69, 9.17) is 0 Å². The maximum absolute atomic E-state index is 10.6. The fraction of sp³-hybridized carbons (Fsp3) is 0.244. The molecule has 0 aliphatic carbocycles. The van der Waals surface area contributed by atoms with Crippen LogP contribution in [-0.4, -0.2) is 19.9 Å². The van der Waals surface area contributed by atoms with Crippen LogP contribution in [0, 0.1) is 17.8 Å². The molecular weight excluding hydrogens is 540 g/mol. The Morgan fingerprint density at radius 2 is 1.14 bits per heavy atom. The topological polar surface area (TPSA) is 35.5 Å². The summed E-state index contributed by atoms with van der Waals surface area (Å²) in [5.74, 6) is 1.83. The van der Waals surface area contributed by atoms with Crippen molar-refractivity contribution in [3.63, 3.8) is 0 Å². The molecule has 0 fully saturated rings. The molecule has 3 heteroatoms. The number of ether oxygens (including phenoxy) is 2. The number of methoxy groups -OCH3 is 1. The van der Waals surface area contributed by atoms with Gasteiger partial charge in [0.1, 0.15) is 6.61 Å². The van der Waals surface area contributed by atoms with Crippen molar-refractivity contribution < 1.29 is 14.3 Å². The fourth-order valence-electron chi connectivity index (χ4n) is 3.56. The summed E-state index contributed by atoms with van der Waals surface area (Å²) in [5, 5.41) is 0. The standard InChI is InChI=1S/2C14H18.C13H14O3/c1-13(2)9-5-3-6-10-14-11-7-4-8-12-14;1-4-14(12(2)3)11-10-13-8-6-5-7-9-13;1-15-13(14)16-11-7-3-6-10-12-8-4-2-5-9-12/h3-8,10-13H,9H2,1-2H3;4-12,14H,1H2,2-3H3;2-10H,11H2,1H3/b5-3+,10-6+;11-10+;7-3+,10-6+. The molecule has 232 valence electrons. The van der Waals surface area contributed by atoms with Crippen molar-refractivity contribution in [3.8, 4) is 0 Å². The highest BCUT2D eigenvalue weighted by Crippen LogP contribution is 2.15. The number of benzene rings is 3. The quantitative estimate of drug-likeness (QED) is 0.120. The maximum Gasteiger partial charge on any atom is 0.508 e. The molecule has 3 aromatic carbocycles. The Kier molecular flexibility index (Phi) is 21.2. The van der Waals surface area contributed by atoms with Crippen molar-refractivity contribution in [2.45, 2.75) is 34.1 Å². The number of allylic oxidation sites excluding steroid dienone is 7. The van der Waals surface area contributed by atoms with Crippen LogP contribution in [0.4, 0.5) is 4.79 Å². The maximum atomic E-state index is 10.6. The zero-order valence-electron chi connectivity index (χ0n) is 27.1. The van der Waals surface area contributed by atoms with E-state index in [0.717, 1.165) is 17.9 Å². The minimum atomic E-state index is -0.670. The van der Waals surface area contributed by atoms with Gasteiger partial charge < -0.3 is 9.47 Å². The molecule has 3 nitrogen and oxygen atoms in total. The van der Waals surface area contributed by atoms with Gasteiger partial charge >= 0.3 is 6.16 Å². The summed E-state index contributed by atoms with van der Waals surface area (Å²) in [5.41, 5.74) is 3.63. The Morgan fingerprint density at radius 3 is 1.55 bits per heavy atom. The van der Waals surface area contributed by atoms with Crippen molar-refractivity contribution in [1.82, 2.24) is 0 Å². The smallest absolute Gasteiger partial charge is 0.438 e. The normalized spacial score (nSPS) is 12.0. The van der Waals surface area contributed by atoms with E-state index in [1.165, 1.54) is 18.2 Å². The van der Waals surface area contributed by atoms with E-state index < -0.39 is 6.16 Å². The van der Waals surface area contributed by atoms with Gasteiger partial charge in [-0.3, -0.25) is 0 Å². The van der Waals surface area contributed by atoms with Gasteiger partial charge in [-0.1, -0.05) is 179 Å². The molecule has 0 saturated heterocycles. The predicted octanol–water partition coefficient (Wildman–Crippen LogP) is 11.5. The van der Waals surface area contributed by atoms with Crippen molar-refractivity contribution in [2.75, 3.05) is 13.7 Å². The average Bonchev–Trinajstić information content (AvgIpc) is 3.04.